The molecule has 7 nitrogen and oxygen atoms in total. The number of hydrogen-bond donors (Lipinski definition) is 1. The molecule has 0 fully saturated rings. The van der Waals surface area contributed by atoms with Gasteiger partial charge in [-0.3, -0.25) is 14.6 Å². The van der Waals surface area contributed by atoms with E-state index in [0.717, 1.165) is 5.69 Å². The van der Waals surface area contributed by atoms with E-state index >= 15 is 0 Å². The van der Waals surface area contributed by atoms with E-state index in [2.05, 4.69) is 15.3 Å². The van der Waals surface area contributed by atoms with Crippen molar-refractivity contribution in [1.82, 2.24) is 14.9 Å². The summed E-state index contributed by atoms with van der Waals surface area (Å²) in [5.41, 5.74) is 1.56. The molecule has 1 N–H and O–H groups in total. The maximum absolute atomic E-state index is 12.4. The third-order valence-electron chi connectivity index (χ3n) is 3.36. The lowest BCUT2D eigenvalue weighted by atomic mass is 10.3. The van der Waals surface area contributed by atoms with Gasteiger partial charge in [0.15, 0.2) is 0 Å². The number of methoxy groups -OCH3 is 1. The summed E-state index contributed by atoms with van der Waals surface area (Å²) in [5.74, 6) is 0.0236. The molecule has 0 radical (unpaired) electrons. The molecular weight excluding hydrogens is 308 g/mol. The number of carbonyl (C=O) groups excluding carboxylic acids is 2. The average Bonchev–Trinajstić information content (AvgIpc) is 2.60. The van der Waals surface area contributed by atoms with E-state index < -0.39 is 0 Å². The van der Waals surface area contributed by atoms with Crippen LogP contribution in [0.4, 0.5) is 5.69 Å². The Morgan fingerprint density at radius 2 is 2.04 bits per heavy atom. The second kappa shape index (κ2) is 8.05. The van der Waals surface area contributed by atoms with Crippen molar-refractivity contribution in [2.75, 3.05) is 25.5 Å². The average molecular weight is 328 g/mol. The molecule has 0 aliphatic carbocycles. The lowest BCUT2D eigenvalue weighted by Crippen LogP contribution is -2.38. The van der Waals surface area contributed by atoms with Crippen molar-refractivity contribution in [2.45, 2.75) is 13.8 Å². The molecule has 1 aromatic carbocycles. The summed E-state index contributed by atoms with van der Waals surface area (Å²) in [5, 5.41) is 2.75. The molecule has 7 heteroatoms. The number of aromatic nitrogens is 2. The number of aryl methyl sites for hydroxylation is 1. The molecule has 2 amide bonds. The van der Waals surface area contributed by atoms with E-state index in [1.54, 1.807) is 45.2 Å². The maximum Gasteiger partial charge on any atom is 0.274 e. The van der Waals surface area contributed by atoms with Crippen LogP contribution in [0, 0.1) is 6.92 Å². The highest BCUT2D eigenvalue weighted by molar-refractivity contribution is 5.98. The quantitative estimate of drug-likeness (QED) is 0.875. The van der Waals surface area contributed by atoms with Gasteiger partial charge in [-0.15, -0.1) is 0 Å². The topological polar surface area (TPSA) is 84.4 Å². The standard InChI is InChI=1S/C17H20N4O3/c1-4-21(17(23)15-10-18-12(2)9-19-15)11-16(22)20-13-6-5-7-14(8-13)24-3/h5-10H,4,11H2,1-3H3,(H,20,22). The van der Waals surface area contributed by atoms with Crippen molar-refractivity contribution in [1.29, 1.82) is 0 Å². The number of nitrogens with zero attached hydrogens (tertiary/aromatic N) is 3. The van der Waals surface area contributed by atoms with Gasteiger partial charge in [-0.1, -0.05) is 6.07 Å². The number of rotatable bonds is 6. The number of amides is 2. The summed E-state index contributed by atoms with van der Waals surface area (Å²) in [4.78, 5) is 34.1. The predicted octanol–water partition coefficient (Wildman–Crippen LogP) is 1.89. The van der Waals surface area contributed by atoms with Crippen LogP contribution >= 0.6 is 0 Å². The van der Waals surface area contributed by atoms with Crippen LogP contribution in [0.15, 0.2) is 36.7 Å². The van der Waals surface area contributed by atoms with Gasteiger partial charge in [0.1, 0.15) is 18.0 Å². The third kappa shape index (κ3) is 4.52. The van der Waals surface area contributed by atoms with Gasteiger partial charge in [-0.2, -0.15) is 0 Å². The Labute approximate surface area is 140 Å². The monoisotopic (exact) mass is 328 g/mol. The molecule has 0 unspecified atom stereocenters. The molecular formula is C17H20N4O3. The first kappa shape index (κ1) is 17.4. The smallest absolute Gasteiger partial charge is 0.274 e. The minimum absolute atomic E-state index is 0.0674. The fourth-order valence-electron chi connectivity index (χ4n) is 2.07. The Bertz CT molecular complexity index is 716. The van der Waals surface area contributed by atoms with E-state index in [9.17, 15) is 9.59 Å². The fourth-order valence-corrected chi connectivity index (χ4v) is 2.07. The summed E-state index contributed by atoms with van der Waals surface area (Å²) in [6.45, 7) is 3.92. The molecule has 0 atom stereocenters. The van der Waals surface area contributed by atoms with Gasteiger partial charge in [-0.25, -0.2) is 4.98 Å². The first-order chi connectivity index (χ1) is 11.5. The maximum atomic E-state index is 12.4. The number of carbonyl (C=O) groups is 2. The lowest BCUT2D eigenvalue weighted by Gasteiger charge is -2.19. The SMILES string of the molecule is CCN(CC(=O)Nc1cccc(OC)c1)C(=O)c1cnc(C)cn1. The van der Waals surface area contributed by atoms with Gasteiger partial charge in [0.05, 0.1) is 19.0 Å². The molecule has 2 rings (SSSR count). The van der Waals surface area contributed by atoms with Crippen LogP contribution in [-0.4, -0.2) is 46.9 Å². The van der Waals surface area contributed by atoms with Crippen LogP contribution in [0.5, 0.6) is 5.75 Å². The van der Waals surface area contributed by atoms with E-state index in [-0.39, 0.29) is 24.1 Å². The van der Waals surface area contributed by atoms with Gasteiger partial charge in [0, 0.05) is 24.5 Å². The van der Waals surface area contributed by atoms with Gasteiger partial charge in [-0.05, 0) is 26.0 Å². The van der Waals surface area contributed by atoms with Crippen LogP contribution in [0.25, 0.3) is 0 Å². The van der Waals surface area contributed by atoms with Gasteiger partial charge in [0.2, 0.25) is 5.91 Å². The first-order valence-corrected chi connectivity index (χ1v) is 7.55. The minimum Gasteiger partial charge on any atom is -0.497 e. The first-order valence-electron chi connectivity index (χ1n) is 7.55. The molecule has 1 aromatic heterocycles. The Kier molecular flexibility index (Phi) is 5.83. The molecule has 0 aliphatic heterocycles. The van der Waals surface area contributed by atoms with Crippen LogP contribution in [-0.2, 0) is 4.79 Å². The number of benzene rings is 1. The van der Waals surface area contributed by atoms with E-state index in [1.165, 1.54) is 17.3 Å². The van der Waals surface area contributed by atoms with E-state index in [4.69, 9.17) is 4.74 Å². The van der Waals surface area contributed by atoms with Crippen molar-refractivity contribution < 1.29 is 14.3 Å². The van der Waals surface area contributed by atoms with E-state index in [0.29, 0.717) is 18.0 Å². The van der Waals surface area contributed by atoms with Crippen LogP contribution in [0.1, 0.15) is 23.1 Å². The molecule has 126 valence electrons. The predicted molar refractivity (Wildman–Crippen MR) is 90.0 cm³/mol. The molecule has 24 heavy (non-hydrogen) atoms. The molecule has 1 heterocycles. The molecule has 0 saturated heterocycles. The summed E-state index contributed by atoms with van der Waals surface area (Å²) in [6.07, 6.45) is 2.94. The normalized spacial score (nSPS) is 10.1. The molecule has 0 spiro atoms. The van der Waals surface area contributed by atoms with Crippen molar-refractivity contribution in [2.24, 2.45) is 0 Å². The number of anilines is 1. The van der Waals surface area contributed by atoms with Crippen LogP contribution in [0.3, 0.4) is 0 Å². The van der Waals surface area contributed by atoms with Crippen molar-refractivity contribution in [3.63, 3.8) is 0 Å². The highest BCUT2D eigenvalue weighted by Crippen LogP contribution is 2.16. The highest BCUT2D eigenvalue weighted by Gasteiger charge is 2.19. The number of nitrogens with one attached hydrogen (secondary N) is 1. The number of hydrogen-bond acceptors (Lipinski definition) is 5. The summed E-state index contributed by atoms with van der Waals surface area (Å²) in [6, 6.07) is 7.03. The molecule has 0 saturated carbocycles. The van der Waals surface area contributed by atoms with Crippen LogP contribution in [0.2, 0.25) is 0 Å². The third-order valence-corrected chi connectivity index (χ3v) is 3.36. The van der Waals surface area contributed by atoms with E-state index in [1.807, 2.05) is 0 Å². The zero-order valence-corrected chi connectivity index (χ0v) is 13.9. The van der Waals surface area contributed by atoms with Gasteiger partial charge >= 0.3 is 0 Å². The second-order valence-electron chi connectivity index (χ2n) is 5.14. The van der Waals surface area contributed by atoms with Crippen molar-refractivity contribution >= 4 is 17.5 Å². The van der Waals surface area contributed by atoms with Crippen molar-refractivity contribution in [3.05, 3.63) is 48.0 Å². The lowest BCUT2D eigenvalue weighted by molar-refractivity contribution is -0.116. The summed E-state index contributed by atoms with van der Waals surface area (Å²) >= 11 is 0. The van der Waals surface area contributed by atoms with Crippen LogP contribution < -0.4 is 10.1 Å². The second-order valence-corrected chi connectivity index (χ2v) is 5.14. The molecule has 0 aliphatic rings. The minimum atomic E-state index is -0.328. The molecule has 0 bridgehead atoms. The largest absolute Gasteiger partial charge is 0.497 e. The Balaban J connectivity index is 2.02. The fraction of sp³-hybridized carbons (Fsp3) is 0.294. The Morgan fingerprint density at radius 1 is 1.25 bits per heavy atom. The zero-order valence-electron chi connectivity index (χ0n) is 13.9. The number of likely N-dealkylation sites (N-methyl/N-ethyl adjacent to an activating group) is 1. The highest BCUT2D eigenvalue weighted by atomic mass is 16.5. The summed E-state index contributed by atoms with van der Waals surface area (Å²) in [7, 11) is 1.56. The molecule has 2 aromatic rings. The van der Waals surface area contributed by atoms with Gasteiger partial charge in [0.25, 0.3) is 5.91 Å². The Hall–Kier alpha value is -2.96. The Morgan fingerprint density at radius 3 is 2.67 bits per heavy atom. The number of ether oxygens (including phenoxy) is 1. The van der Waals surface area contributed by atoms with Gasteiger partial charge < -0.3 is 15.0 Å². The van der Waals surface area contributed by atoms with Crippen molar-refractivity contribution in [3.8, 4) is 5.75 Å². The zero-order chi connectivity index (χ0) is 17.5. The summed E-state index contributed by atoms with van der Waals surface area (Å²) < 4.78 is 5.11.